The maximum absolute atomic E-state index is 8.60. The molecule has 66 valence electrons. The van der Waals surface area contributed by atoms with Gasteiger partial charge in [0.1, 0.15) is 0 Å². The molecule has 1 aliphatic rings. The predicted molar refractivity (Wildman–Crippen MR) is 46.5 cm³/mol. The fourth-order valence-corrected chi connectivity index (χ4v) is 1.89. The first-order valence-corrected chi connectivity index (χ1v) is 4.67. The van der Waals surface area contributed by atoms with Crippen molar-refractivity contribution in [1.29, 1.82) is 0 Å². The topological polar surface area (TPSA) is 32.3 Å². The van der Waals surface area contributed by atoms with Crippen LogP contribution in [0.1, 0.15) is 32.6 Å². The Labute approximate surface area is 69.0 Å². The van der Waals surface area contributed by atoms with Gasteiger partial charge in [0.15, 0.2) is 0 Å². The van der Waals surface area contributed by atoms with Gasteiger partial charge >= 0.3 is 0 Å². The molecular weight excluding hydrogens is 138 g/mol. The van der Waals surface area contributed by atoms with Gasteiger partial charge in [-0.3, -0.25) is 0 Å². The van der Waals surface area contributed by atoms with Crippen LogP contribution in [-0.2, 0) is 0 Å². The van der Waals surface area contributed by atoms with Crippen LogP contribution in [0, 0.1) is 5.92 Å². The number of hydrogen-bond donors (Lipinski definition) is 2. The first-order chi connectivity index (χ1) is 5.33. The van der Waals surface area contributed by atoms with Crippen LogP contribution in [0.5, 0.6) is 0 Å². The van der Waals surface area contributed by atoms with Gasteiger partial charge in [0.05, 0.1) is 6.61 Å². The highest BCUT2D eigenvalue weighted by molar-refractivity contribution is 4.75. The molecule has 0 aromatic carbocycles. The Morgan fingerprint density at radius 3 is 2.91 bits per heavy atom. The molecule has 1 aliphatic carbocycles. The zero-order chi connectivity index (χ0) is 8.10. The van der Waals surface area contributed by atoms with Gasteiger partial charge in [-0.25, -0.2) is 0 Å². The normalized spacial score (nSPS) is 32.2. The van der Waals surface area contributed by atoms with Crippen molar-refractivity contribution in [2.75, 3.05) is 13.2 Å². The lowest BCUT2D eigenvalue weighted by Gasteiger charge is -2.27. The van der Waals surface area contributed by atoms with Gasteiger partial charge in [-0.05, 0) is 18.8 Å². The minimum absolute atomic E-state index is 0.269. The number of hydrogen-bond acceptors (Lipinski definition) is 2. The summed E-state index contributed by atoms with van der Waals surface area (Å²) >= 11 is 0. The monoisotopic (exact) mass is 157 g/mol. The lowest BCUT2D eigenvalue weighted by molar-refractivity contribution is 0.254. The predicted octanol–water partition coefficient (Wildman–Crippen LogP) is 1.15. The van der Waals surface area contributed by atoms with Crippen LogP contribution in [0.2, 0.25) is 0 Å². The van der Waals surface area contributed by atoms with Crippen LogP contribution in [0.3, 0.4) is 0 Å². The third-order valence-electron chi connectivity index (χ3n) is 2.48. The number of rotatable bonds is 3. The summed E-state index contributed by atoms with van der Waals surface area (Å²) in [5.41, 5.74) is 0. The standard InChI is InChI=1S/C9H19NO/c1-8-3-2-4-9(7-8)10-5-6-11/h8-11H,2-7H2,1H3/t8-,9-/m0/s1. The third-order valence-corrected chi connectivity index (χ3v) is 2.48. The zero-order valence-corrected chi connectivity index (χ0v) is 7.34. The first kappa shape index (κ1) is 9.01. The van der Waals surface area contributed by atoms with Gasteiger partial charge in [-0.15, -0.1) is 0 Å². The fraction of sp³-hybridized carbons (Fsp3) is 1.00. The second-order valence-electron chi connectivity index (χ2n) is 3.65. The van der Waals surface area contributed by atoms with Gasteiger partial charge in [0.25, 0.3) is 0 Å². The first-order valence-electron chi connectivity index (χ1n) is 4.67. The van der Waals surface area contributed by atoms with E-state index in [1.807, 2.05) is 0 Å². The summed E-state index contributed by atoms with van der Waals surface area (Å²) in [6, 6.07) is 0.672. The van der Waals surface area contributed by atoms with Crippen LogP contribution < -0.4 is 5.32 Å². The Bertz CT molecular complexity index is 106. The van der Waals surface area contributed by atoms with Crippen molar-refractivity contribution in [3.8, 4) is 0 Å². The number of nitrogens with one attached hydrogen (secondary N) is 1. The summed E-state index contributed by atoms with van der Waals surface area (Å²) in [6.07, 6.45) is 5.33. The van der Waals surface area contributed by atoms with E-state index in [2.05, 4.69) is 12.2 Å². The van der Waals surface area contributed by atoms with Crippen LogP contribution in [0.4, 0.5) is 0 Å². The smallest absolute Gasteiger partial charge is 0.0556 e. The molecule has 0 aromatic heterocycles. The second-order valence-corrected chi connectivity index (χ2v) is 3.65. The van der Waals surface area contributed by atoms with Crippen molar-refractivity contribution in [2.24, 2.45) is 5.92 Å². The number of aliphatic hydroxyl groups excluding tert-OH is 1. The second kappa shape index (κ2) is 4.73. The molecule has 0 bridgehead atoms. The molecule has 2 atom stereocenters. The maximum atomic E-state index is 8.60. The van der Waals surface area contributed by atoms with Crippen LogP contribution in [0.15, 0.2) is 0 Å². The molecule has 1 fully saturated rings. The van der Waals surface area contributed by atoms with E-state index in [9.17, 15) is 0 Å². The largest absolute Gasteiger partial charge is 0.395 e. The molecule has 2 nitrogen and oxygen atoms in total. The summed E-state index contributed by atoms with van der Waals surface area (Å²) in [6.45, 7) is 3.34. The highest BCUT2D eigenvalue weighted by Crippen LogP contribution is 2.23. The summed E-state index contributed by atoms with van der Waals surface area (Å²) < 4.78 is 0. The lowest BCUT2D eigenvalue weighted by Crippen LogP contribution is -2.35. The summed E-state index contributed by atoms with van der Waals surface area (Å²) in [5.74, 6) is 0.875. The van der Waals surface area contributed by atoms with Crippen molar-refractivity contribution in [3.63, 3.8) is 0 Å². The molecule has 1 rings (SSSR count). The van der Waals surface area contributed by atoms with Crippen molar-refractivity contribution >= 4 is 0 Å². The van der Waals surface area contributed by atoms with Gasteiger partial charge in [-0.2, -0.15) is 0 Å². The molecule has 0 aliphatic heterocycles. The molecule has 0 aromatic rings. The number of aliphatic hydroxyl groups is 1. The van der Waals surface area contributed by atoms with Crippen molar-refractivity contribution < 1.29 is 5.11 Å². The lowest BCUT2D eigenvalue weighted by atomic mass is 9.87. The molecule has 0 amide bonds. The minimum atomic E-state index is 0.269. The van der Waals surface area contributed by atoms with Crippen molar-refractivity contribution in [1.82, 2.24) is 5.32 Å². The van der Waals surface area contributed by atoms with Crippen LogP contribution >= 0.6 is 0 Å². The average Bonchev–Trinajstić information content (AvgIpc) is 2.01. The Kier molecular flexibility index (Phi) is 3.87. The van der Waals surface area contributed by atoms with E-state index >= 15 is 0 Å². The van der Waals surface area contributed by atoms with Crippen LogP contribution in [0.25, 0.3) is 0 Å². The molecule has 0 heterocycles. The molecule has 0 unspecified atom stereocenters. The minimum Gasteiger partial charge on any atom is -0.395 e. The Balaban J connectivity index is 2.12. The molecule has 0 spiro atoms. The Morgan fingerprint density at radius 2 is 2.27 bits per heavy atom. The van der Waals surface area contributed by atoms with Crippen LogP contribution in [-0.4, -0.2) is 24.3 Å². The van der Waals surface area contributed by atoms with E-state index in [0.717, 1.165) is 12.5 Å². The summed E-state index contributed by atoms with van der Waals surface area (Å²) in [7, 11) is 0. The summed E-state index contributed by atoms with van der Waals surface area (Å²) in [4.78, 5) is 0. The average molecular weight is 157 g/mol. The van der Waals surface area contributed by atoms with Crippen molar-refractivity contribution in [3.05, 3.63) is 0 Å². The molecule has 11 heavy (non-hydrogen) atoms. The maximum Gasteiger partial charge on any atom is 0.0556 e. The third kappa shape index (κ3) is 3.21. The van der Waals surface area contributed by atoms with Crippen molar-refractivity contribution in [2.45, 2.75) is 38.6 Å². The van der Waals surface area contributed by atoms with E-state index < -0.39 is 0 Å². The van der Waals surface area contributed by atoms with E-state index in [4.69, 9.17) is 5.11 Å². The fourth-order valence-electron chi connectivity index (χ4n) is 1.89. The molecule has 2 N–H and O–H groups in total. The molecule has 0 radical (unpaired) electrons. The highest BCUT2D eigenvalue weighted by Gasteiger charge is 2.17. The van der Waals surface area contributed by atoms with E-state index in [-0.39, 0.29) is 6.61 Å². The van der Waals surface area contributed by atoms with Gasteiger partial charge < -0.3 is 10.4 Å². The van der Waals surface area contributed by atoms with E-state index in [0.29, 0.717) is 6.04 Å². The Hall–Kier alpha value is -0.0800. The summed E-state index contributed by atoms with van der Waals surface area (Å²) in [5, 5.41) is 12.0. The van der Waals surface area contributed by atoms with E-state index in [1.54, 1.807) is 0 Å². The molecular formula is C9H19NO. The van der Waals surface area contributed by atoms with Gasteiger partial charge in [0, 0.05) is 12.6 Å². The SMILES string of the molecule is C[C@H]1CCC[C@H](NCCO)C1. The molecule has 0 saturated heterocycles. The molecule has 2 heteroatoms. The zero-order valence-electron chi connectivity index (χ0n) is 7.34. The highest BCUT2D eigenvalue weighted by atomic mass is 16.3. The Morgan fingerprint density at radius 1 is 1.45 bits per heavy atom. The molecule has 1 saturated carbocycles. The van der Waals surface area contributed by atoms with E-state index in [1.165, 1.54) is 25.7 Å². The van der Waals surface area contributed by atoms with Gasteiger partial charge in [0.2, 0.25) is 0 Å². The quantitative estimate of drug-likeness (QED) is 0.644. The van der Waals surface area contributed by atoms with Gasteiger partial charge in [-0.1, -0.05) is 19.8 Å².